The smallest absolute Gasteiger partial charge is 0.257 e. The van der Waals surface area contributed by atoms with Crippen molar-refractivity contribution in [3.63, 3.8) is 0 Å². The lowest BCUT2D eigenvalue weighted by atomic mass is 10.1. The number of rotatable bonds is 2. The molecule has 0 saturated heterocycles. The van der Waals surface area contributed by atoms with Crippen LogP contribution in [0.4, 0.5) is 5.69 Å². The number of hydrogen-bond acceptors (Lipinski definition) is 1. The first-order valence-corrected chi connectivity index (χ1v) is 6.99. The zero-order chi connectivity index (χ0) is 15.0. The lowest BCUT2D eigenvalue weighted by Gasteiger charge is -2.08. The Kier molecular flexibility index (Phi) is 3.26. The van der Waals surface area contributed by atoms with Crippen LogP contribution in [-0.4, -0.2) is 10.5 Å². The molecule has 106 valence electrons. The first-order chi connectivity index (χ1) is 10.1. The lowest BCUT2D eigenvalue weighted by molar-refractivity contribution is 0.102. The van der Waals surface area contributed by atoms with Crippen LogP contribution in [0.2, 0.25) is 0 Å². The van der Waals surface area contributed by atoms with Gasteiger partial charge in [0.05, 0.1) is 5.56 Å². The van der Waals surface area contributed by atoms with Gasteiger partial charge in [0.2, 0.25) is 0 Å². The molecule has 0 bridgehead atoms. The number of hydrogen-bond donors (Lipinski definition) is 1. The molecule has 1 N–H and O–H groups in total. The Morgan fingerprint density at radius 1 is 1.10 bits per heavy atom. The van der Waals surface area contributed by atoms with Crippen molar-refractivity contribution in [1.29, 1.82) is 0 Å². The van der Waals surface area contributed by atoms with Crippen molar-refractivity contribution in [2.75, 3.05) is 5.32 Å². The summed E-state index contributed by atoms with van der Waals surface area (Å²) in [7, 11) is 1.95. The van der Waals surface area contributed by atoms with Crippen molar-refractivity contribution in [3.05, 3.63) is 65.4 Å². The Labute approximate surface area is 124 Å². The number of amides is 1. The van der Waals surface area contributed by atoms with Gasteiger partial charge in [0, 0.05) is 29.8 Å². The van der Waals surface area contributed by atoms with Gasteiger partial charge < -0.3 is 9.88 Å². The fourth-order valence-corrected chi connectivity index (χ4v) is 2.67. The minimum Gasteiger partial charge on any atom is -0.350 e. The molecule has 3 heteroatoms. The molecule has 2 aromatic carbocycles. The fraction of sp³-hybridized carbons (Fsp3) is 0.167. The molecule has 0 fully saturated rings. The molecule has 3 rings (SSSR count). The van der Waals surface area contributed by atoms with E-state index in [0.29, 0.717) is 5.56 Å². The van der Waals surface area contributed by atoms with Crippen LogP contribution in [0.3, 0.4) is 0 Å². The van der Waals surface area contributed by atoms with E-state index in [9.17, 15) is 4.79 Å². The number of carbonyl (C=O) groups is 1. The average molecular weight is 278 g/mol. The van der Waals surface area contributed by atoms with Crippen molar-refractivity contribution in [3.8, 4) is 0 Å². The van der Waals surface area contributed by atoms with E-state index < -0.39 is 0 Å². The Morgan fingerprint density at radius 2 is 1.86 bits per heavy atom. The lowest BCUT2D eigenvalue weighted by Crippen LogP contribution is -2.12. The van der Waals surface area contributed by atoms with Crippen LogP contribution < -0.4 is 5.32 Å². The molecule has 0 aliphatic rings. The molecule has 0 aliphatic heterocycles. The summed E-state index contributed by atoms with van der Waals surface area (Å²) < 4.78 is 1.98. The molecule has 0 unspecified atom stereocenters. The molecule has 0 atom stereocenters. The van der Waals surface area contributed by atoms with Crippen LogP contribution in [0.1, 0.15) is 21.5 Å². The van der Waals surface area contributed by atoms with Gasteiger partial charge in [-0.1, -0.05) is 35.9 Å². The van der Waals surface area contributed by atoms with Crippen molar-refractivity contribution < 1.29 is 4.79 Å². The summed E-state index contributed by atoms with van der Waals surface area (Å²) in [6.07, 6.45) is 1.88. The highest BCUT2D eigenvalue weighted by Gasteiger charge is 2.14. The van der Waals surface area contributed by atoms with Gasteiger partial charge in [0.15, 0.2) is 0 Å². The molecule has 0 saturated carbocycles. The SMILES string of the molecule is Cc1ccc(NC(=O)c2cn(C)c3ccccc23)c(C)c1. The van der Waals surface area contributed by atoms with E-state index in [1.165, 1.54) is 5.56 Å². The van der Waals surface area contributed by atoms with Crippen molar-refractivity contribution in [1.82, 2.24) is 4.57 Å². The number of para-hydroxylation sites is 1. The first-order valence-electron chi connectivity index (χ1n) is 6.99. The zero-order valence-corrected chi connectivity index (χ0v) is 12.5. The zero-order valence-electron chi connectivity index (χ0n) is 12.5. The predicted octanol–water partition coefficient (Wildman–Crippen LogP) is 4.05. The molecular formula is C18H18N2O. The van der Waals surface area contributed by atoms with Gasteiger partial charge in [-0.25, -0.2) is 0 Å². The van der Waals surface area contributed by atoms with Crippen LogP contribution >= 0.6 is 0 Å². The van der Waals surface area contributed by atoms with E-state index in [4.69, 9.17) is 0 Å². The number of anilines is 1. The summed E-state index contributed by atoms with van der Waals surface area (Å²) in [5.74, 6) is -0.0706. The Balaban J connectivity index is 1.98. The number of benzene rings is 2. The standard InChI is InChI=1S/C18H18N2O/c1-12-8-9-16(13(2)10-12)19-18(21)15-11-20(3)17-7-5-4-6-14(15)17/h4-11H,1-3H3,(H,19,21). The molecule has 1 amide bonds. The van der Waals surface area contributed by atoms with E-state index in [0.717, 1.165) is 22.2 Å². The van der Waals surface area contributed by atoms with Gasteiger partial charge in [0.1, 0.15) is 0 Å². The number of nitrogens with zero attached hydrogens (tertiary/aromatic N) is 1. The number of fused-ring (bicyclic) bond motifs is 1. The van der Waals surface area contributed by atoms with E-state index in [1.54, 1.807) is 0 Å². The van der Waals surface area contributed by atoms with E-state index in [2.05, 4.69) is 11.4 Å². The van der Waals surface area contributed by atoms with Crippen LogP contribution in [0.25, 0.3) is 10.9 Å². The highest BCUT2D eigenvalue weighted by atomic mass is 16.1. The molecule has 0 radical (unpaired) electrons. The van der Waals surface area contributed by atoms with Crippen molar-refractivity contribution in [2.24, 2.45) is 7.05 Å². The molecule has 1 heterocycles. The molecule has 21 heavy (non-hydrogen) atoms. The highest BCUT2D eigenvalue weighted by molar-refractivity contribution is 6.13. The maximum atomic E-state index is 12.6. The fourth-order valence-electron chi connectivity index (χ4n) is 2.67. The van der Waals surface area contributed by atoms with Gasteiger partial charge >= 0.3 is 0 Å². The minimum absolute atomic E-state index is 0.0706. The second-order valence-corrected chi connectivity index (χ2v) is 5.44. The third kappa shape index (κ3) is 2.42. The van der Waals surface area contributed by atoms with E-state index in [-0.39, 0.29) is 5.91 Å². The average Bonchev–Trinajstić information content (AvgIpc) is 2.80. The number of aryl methyl sites for hydroxylation is 3. The predicted molar refractivity (Wildman–Crippen MR) is 86.8 cm³/mol. The summed E-state index contributed by atoms with van der Waals surface area (Å²) in [6, 6.07) is 14.0. The Morgan fingerprint density at radius 3 is 2.62 bits per heavy atom. The van der Waals surface area contributed by atoms with Crippen LogP contribution in [0, 0.1) is 13.8 Å². The normalized spacial score (nSPS) is 10.8. The second kappa shape index (κ2) is 5.09. The highest BCUT2D eigenvalue weighted by Crippen LogP contribution is 2.22. The number of carbonyl (C=O) groups excluding carboxylic acids is 1. The van der Waals surface area contributed by atoms with Crippen LogP contribution in [-0.2, 0) is 7.05 Å². The molecule has 3 aromatic rings. The quantitative estimate of drug-likeness (QED) is 0.754. The van der Waals surface area contributed by atoms with E-state index >= 15 is 0 Å². The van der Waals surface area contributed by atoms with Crippen molar-refractivity contribution in [2.45, 2.75) is 13.8 Å². The maximum Gasteiger partial charge on any atom is 0.257 e. The van der Waals surface area contributed by atoms with E-state index in [1.807, 2.05) is 68.1 Å². The van der Waals surface area contributed by atoms with Gasteiger partial charge in [-0.15, -0.1) is 0 Å². The summed E-state index contributed by atoms with van der Waals surface area (Å²) in [4.78, 5) is 12.6. The third-order valence-electron chi connectivity index (χ3n) is 3.77. The Hall–Kier alpha value is -2.55. The number of nitrogens with one attached hydrogen (secondary N) is 1. The largest absolute Gasteiger partial charge is 0.350 e. The molecular weight excluding hydrogens is 260 g/mol. The van der Waals surface area contributed by atoms with Crippen LogP contribution in [0.5, 0.6) is 0 Å². The summed E-state index contributed by atoms with van der Waals surface area (Å²) in [6.45, 7) is 4.05. The monoisotopic (exact) mass is 278 g/mol. The topological polar surface area (TPSA) is 34.0 Å². The molecule has 0 aliphatic carbocycles. The summed E-state index contributed by atoms with van der Waals surface area (Å²) >= 11 is 0. The van der Waals surface area contributed by atoms with Gasteiger partial charge in [-0.3, -0.25) is 4.79 Å². The summed E-state index contributed by atoms with van der Waals surface area (Å²) in [5, 5.41) is 3.98. The maximum absolute atomic E-state index is 12.6. The molecule has 0 spiro atoms. The van der Waals surface area contributed by atoms with Gasteiger partial charge in [-0.2, -0.15) is 0 Å². The molecule has 3 nitrogen and oxygen atoms in total. The minimum atomic E-state index is -0.0706. The second-order valence-electron chi connectivity index (χ2n) is 5.44. The van der Waals surface area contributed by atoms with Crippen LogP contribution in [0.15, 0.2) is 48.7 Å². The summed E-state index contributed by atoms with van der Waals surface area (Å²) in [5.41, 5.74) is 4.88. The third-order valence-corrected chi connectivity index (χ3v) is 3.77. The first kappa shape index (κ1) is 13.4. The molecule has 1 aromatic heterocycles. The Bertz CT molecular complexity index is 830. The van der Waals surface area contributed by atoms with Gasteiger partial charge in [-0.05, 0) is 31.5 Å². The number of aromatic nitrogens is 1. The van der Waals surface area contributed by atoms with Crippen molar-refractivity contribution >= 4 is 22.5 Å². The van der Waals surface area contributed by atoms with Gasteiger partial charge in [0.25, 0.3) is 5.91 Å².